The molecular weight excluding hydrogens is 335 g/mol. The zero-order chi connectivity index (χ0) is 15.6. The van der Waals surface area contributed by atoms with Crippen LogP contribution in [0, 0.1) is 0 Å². The van der Waals surface area contributed by atoms with Crippen LogP contribution in [-0.4, -0.2) is 19.7 Å². The van der Waals surface area contributed by atoms with Crippen molar-refractivity contribution in [3.8, 4) is 5.75 Å². The highest BCUT2D eigenvalue weighted by Gasteiger charge is 2.08. The third kappa shape index (κ3) is 3.95. The SMILES string of the molecule is NS(=O)(=O)c1cccc(N=Cc2cc(Cl)cc(Cl)c2O)c1. The van der Waals surface area contributed by atoms with Crippen molar-refractivity contribution in [2.45, 2.75) is 4.90 Å². The lowest BCUT2D eigenvalue weighted by Gasteiger charge is -2.03. The Hall–Kier alpha value is -1.60. The van der Waals surface area contributed by atoms with Crippen molar-refractivity contribution in [3.05, 3.63) is 52.0 Å². The zero-order valence-electron chi connectivity index (χ0n) is 10.5. The number of benzene rings is 2. The molecule has 0 aliphatic rings. The Morgan fingerprint density at radius 3 is 2.57 bits per heavy atom. The van der Waals surface area contributed by atoms with E-state index in [0.29, 0.717) is 16.3 Å². The number of aliphatic imine (C=N–C) groups is 1. The van der Waals surface area contributed by atoms with Crippen LogP contribution in [0.3, 0.4) is 0 Å². The molecule has 21 heavy (non-hydrogen) atoms. The van der Waals surface area contributed by atoms with Gasteiger partial charge in [0.05, 0.1) is 15.6 Å². The molecule has 0 fully saturated rings. The summed E-state index contributed by atoms with van der Waals surface area (Å²) in [5.41, 5.74) is 0.672. The first-order valence-corrected chi connectivity index (χ1v) is 7.92. The van der Waals surface area contributed by atoms with Crippen LogP contribution in [-0.2, 0) is 10.0 Å². The average molecular weight is 345 g/mol. The number of primary sulfonamides is 1. The van der Waals surface area contributed by atoms with Gasteiger partial charge in [-0.2, -0.15) is 0 Å². The molecule has 0 saturated heterocycles. The number of phenolic OH excluding ortho intramolecular Hbond substituents is 1. The van der Waals surface area contributed by atoms with E-state index in [1.54, 1.807) is 6.07 Å². The topological polar surface area (TPSA) is 92.8 Å². The summed E-state index contributed by atoms with van der Waals surface area (Å²) in [6.07, 6.45) is 1.33. The third-order valence-electron chi connectivity index (χ3n) is 2.56. The second kappa shape index (κ2) is 6.03. The molecule has 0 aliphatic heterocycles. The summed E-state index contributed by atoms with van der Waals surface area (Å²) in [7, 11) is -3.80. The first-order chi connectivity index (χ1) is 9.77. The summed E-state index contributed by atoms with van der Waals surface area (Å²) in [5.74, 6) is -0.160. The maximum absolute atomic E-state index is 11.3. The molecule has 0 radical (unpaired) electrons. The lowest BCUT2D eigenvalue weighted by molar-refractivity contribution is 0.475. The Morgan fingerprint density at radius 1 is 1.19 bits per heavy atom. The Labute approximate surface area is 131 Å². The van der Waals surface area contributed by atoms with Crippen molar-refractivity contribution in [3.63, 3.8) is 0 Å². The van der Waals surface area contributed by atoms with Crippen molar-refractivity contribution >= 4 is 45.1 Å². The Balaban J connectivity index is 2.39. The molecule has 5 nitrogen and oxygen atoms in total. The van der Waals surface area contributed by atoms with Crippen LogP contribution in [0.4, 0.5) is 5.69 Å². The Morgan fingerprint density at radius 2 is 1.90 bits per heavy atom. The van der Waals surface area contributed by atoms with E-state index in [-0.39, 0.29) is 15.7 Å². The zero-order valence-corrected chi connectivity index (χ0v) is 12.8. The van der Waals surface area contributed by atoms with Gasteiger partial charge in [0.2, 0.25) is 10.0 Å². The lowest BCUT2D eigenvalue weighted by atomic mass is 10.2. The van der Waals surface area contributed by atoms with Gasteiger partial charge in [0.1, 0.15) is 5.75 Å². The third-order valence-corrected chi connectivity index (χ3v) is 3.97. The van der Waals surface area contributed by atoms with Crippen molar-refractivity contribution in [1.29, 1.82) is 0 Å². The fraction of sp³-hybridized carbons (Fsp3) is 0. The van der Waals surface area contributed by atoms with Gasteiger partial charge in [0.15, 0.2) is 0 Å². The standard InChI is InChI=1S/C13H10Cl2N2O3S/c14-9-4-8(13(18)12(15)5-9)7-17-10-2-1-3-11(6-10)21(16,19)20/h1-7,18H,(H2,16,19,20). The van der Waals surface area contributed by atoms with Gasteiger partial charge in [0.25, 0.3) is 0 Å². The number of sulfonamides is 1. The molecule has 0 saturated carbocycles. The van der Waals surface area contributed by atoms with Gasteiger partial charge in [-0.1, -0.05) is 29.3 Å². The molecule has 2 aromatic rings. The fourth-order valence-electron chi connectivity index (χ4n) is 1.57. The highest BCUT2D eigenvalue weighted by atomic mass is 35.5. The molecule has 0 aromatic heterocycles. The van der Waals surface area contributed by atoms with Gasteiger partial charge in [-0.25, -0.2) is 13.6 Å². The summed E-state index contributed by atoms with van der Waals surface area (Å²) in [5, 5.41) is 15.3. The monoisotopic (exact) mass is 344 g/mol. The van der Waals surface area contributed by atoms with Crippen LogP contribution in [0.1, 0.15) is 5.56 Å². The molecule has 110 valence electrons. The molecule has 3 N–H and O–H groups in total. The second-order valence-corrected chi connectivity index (χ2v) is 6.53. The summed E-state index contributed by atoms with van der Waals surface area (Å²) < 4.78 is 22.5. The van der Waals surface area contributed by atoms with Crippen molar-refractivity contribution in [2.75, 3.05) is 0 Å². The first kappa shape index (κ1) is 15.8. The van der Waals surface area contributed by atoms with Gasteiger partial charge in [-0.15, -0.1) is 0 Å². The number of hydrogen-bond acceptors (Lipinski definition) is 4. The minimum atomic E-state index is -3.80. The second-order valence-electron chi connectivity index (χ2n) is 4.13. The summed E-state index contributed by atoms with van der Waals surface area (Å²) in [4.78, 5) is 4.02. The molecule has 8 heteroatoms. The van der Waals surface area contributed by atoms with Gasteiger partial charge in [-0.05, 0) is 30.3 Å². The number of hydrogen-bond donors (Lipinski definition) is 2. The van der Waals surface area contributed by atoms with Crippen LogP contribution >= 0.6 is 23.2 Å². The van der Waals surface area contributed by atoms with E-state index >= 15 is 0 Å². The minimum Gasteiger partial charge on any atom is -0.506 e. The van der Waals surface area contributed by atoms with Gasteiger partial charge < -0.3 is 5.11 Å². The van der Waals surface area contributed by atoms with Crippen LogP contribution in [0.5, 0.6) is 5.75 Å². The summed E-state index contributed by atoms with van der Waals surface area (Å²) in [6, 6.07) is 8.66. The highest BCUT2D eigenvalue weighted by molar-refractivity contribution is 7.89. The van der Waals surface area contributed by atoms with Gasteiger partial charge in [-0.3, -0.25) is 4.99 Å². The number of nitrogens with zero attached hydrogens (tertiary/aromatic N) is 1. The lowest BCUT2D eigenvalue weighted by Crippen LogP contribution is -2.11. The molecule has 0 spiro atoms. The number of aromatic hydroxyl groups is 1. The predicted molar refractivity (Wildman–Crippen MR) is 83.2 cm³/mol. The minimum absolute atomic E-state index is 0.0505. The summed E-state index contributed by atoms with van der Waals surface area (Å²) >= 11 is 11.6. The van der Waals surface area contributed by atoms with E-state index in [1.807, 2.05) is 0 Å². The van der Waals surface area contributed by atoms with Crippen molar-refractivity contribution in [1.82, 2.24) is 0 Å². The van der Waals surface area contributed by atoms with Crippen molar-refractivity contribution in [2.24, 2.45) is 10.1 Å². The highest BCUT2D eigenvalue weighted by Crippen LogP contribution is 2.30. The van der Waals surface area contributed by atoms with Gasteiger partial charge in [0, 0.05) is 16.8 Å². The Kier molecular flexibility index (Phi) is 4.53. The molecule has 0 aliphatic carbocycles. The maximum Gasteiger partial charge on any atom is 0.238 e. The molecule has 0 heterocycles. The fourth-order valence-corrected chi connectivity index (χ4v) is 2.63. The van der Waals surface area contributed by atoms with Crippen LogP contribution < -0.4 is 5.14 Å². The molecule has 2 aromatic carbocycles. The molecular formula is C13H10Cl2N2O3S. The van der Waals surface area contributed by atoms with Crippen molar-refractivity contribution < 1.29 is 13.5 Å². The molecule has 0 bridgehead atoms. The van der Waals surface area contributed by atoms with Gasteiger partial charge >= 0.3 is 0 Å². The quantitative estimate of drug-likeness (QED) is 0.837. The molecule has 0 unspecified atom stereocenters. The first-order valence-electron chi connectivity index (χ1n) is 5.62. The van der Waals surface area contributed by atoms with E-state index < -0.39 is 10.0 Å². The Bertz CT molecular complexity index is 820. The van der Waals surface area contributed by atoms with Crippen LogP contribution in [0.25, 0.3) is 0 Å². The smallest absolute Gasteiger partial charge is 0.238 e. The van der Waals surface area contributed by atoms with Crippen LogP contribution in [0.2, 0.25) is 10.0 Å². The number of halogens is 2. The normalized spacial score (nSPS) is 12.0. The van der Waals surface area contributed by atoms with E-state index in [9.17, 15) is 13.5 Å². The molecule has 2 rings (SSSR count). The van der Waals surface area contributed by atoms with E-state index in [4.69, 9.17) is 28.3 Å². The number of nitrogens with two attached hydrogens (primary N) is 1. The molecule has 0 atom stereocenters. The van der Waals surface area contributed by atoms with E-state index in [0.717, 1.165) is 0 Å². The number of rotatable bonds is 3. The number of phenols is 1. The van der Waals surface area contributed by atoms with Crippen LogP contribution in [0.15, 0.2) is 46.3 Å². The largest absolute Gasteiger partial charge is 0.506 e. The predicted octanol–water partition coefficient (Wildman–Crippen LogP) is 3.10. The summed E-state index contributed by atoms with van der Waals surface area (Å²) in [6.45, 7) is 0. The average Bonchev–Trinajstić information content (AvgIpc) is 2.40. The maximum atomic E-state index is 11.3. The van der Waals surface area contributed by atoms with E-state index in [1.165, 1.54) is 36.5 Å². The molecule has 0 amide bonds. The van der Waals surface area contributed by atoms with E-state index in [2.05, 4.69) is 4.99 Å².